The van der Waals surface area contributed by atoms with Gasteiger partial charge in [-0.15, -0.1) is 0 Å². The fourth-order valence-electron chi connectivity index (χ4n) is 3.70. The number of benzene rings is 3. The number of methoxy groups -OCH3 is 1. The van der Waals surface area contributed by atoms with Crippen LogP contribution in [0.2, 0.25) is 0 Å². The van der Waals surface area contributed by atoms with Gasteiger partial charge in [0.2, 0.25) is 0 Å². The average Bonchev–Trinajstić information content (AvgIpc) is 2.73. The third-order valence-corrected chi connectivity index (χ3v) is 10.0. The van der Waals surface area contributed by atoms with Crippen LogP contribution in [0.15, 0.2) is 91.0 Å². The molecule has 0 aromatic heterocycles. The Bertz CT molecular complexity index is 720. The molecule has 0 saturated carbocycles. The van der Waals surface area contributed by atoms with Gasteiger partial charge in [0.25, 0.3) is 0 Å². The zero-order valence-electron chi connectivity index (χ0n) is 15.1. The third-order valence-electron chi connectivity index (χ3n) is 4.96. The zero-order chi connectivity index (χ0) is 18.2. The van der Waals surface area contributed by atoms with Crippen molar-refractivity contribution in [2.24, 2.45) is 0 Å². The number of hydrogen-bond donors (Lipinski definition) is 0. The summed E-state index contributed by atoms with van der Waals surface area (Å²) in [6, 6.07) is 32.3. The summed E-state index contributed by atoms with van der Waals surface area (Å²) < 4.78 is 4.86. The number of rotatable bonds is 7. The number of carbonyl (C=O) groups excluding carboxylic acids is 1. The van der Waals surface area contributed by atoms with Crippen molar-refractivity contribution in [3.05, 3.63) is 91.0 Å². The van der Waals surface area contributed by atoms with E-state index in [9.17, 15) is 4.79 Å². The van der Waals surface area contributed by atoms with Crippen LogP contribution in [0.1, 0.15) is 12.8 Å². The van der Waals surface area contributed by atoms with Crippen molar-refractivity contribution in [2.75, 3.05) is 13.3 Å². The number of esters is 1. The first-order chi connectivity index (χ1) is 12.8. The molecule has 3 rings (SSSR count). The molecule has 0 aliphatic rings. The summed E-state index contributed by atoms with van der Waals surface area (Å²) in [4.78, 5) is 11.7. The van der Waals surface area contributed by atoms with E-state index in [0.29, 0.717) is 6.42 Å². The van der Waals surface area contributed by atoms with Gasteiger partial charge in [0.15, 0.2) is 0 Å². The first-order valence-corrected chi connectivity index (χ1v) is 11.2. The van der Waals surface area contributed by atoms with Crippen molar-refractivity contribution in [3.8, 4) is 0 Å². The maximum atomic E-state index is 11.7. The Balaban J connectivity index is 2.13. The van der Waals surface area contributed by atoms with Crippen molar-refractivity contribution in [1.82, 2.24) is 0 Å². The molecule has 0 amide bonds. The molecule has 0 N–H and O–H groups in total. The first-order valence-electron chi connectivity index (χ1n) is 9.01. The molecule has 26 heavy (non-hydrogen) atoms. The Kier molecular flexibility index (Phi) is 6.20. The van der Waals surface area contributed by atoms with Crippen molar-refractivity contribution in [1.29, 1.82) is 0 Å². The molecule has 0 spiro atoms. The topological polar surface area (TPSA) is 26.3 Å². The summed E-state index contributed by atoms with van der Waals surface area (Å²) in [6.45, 7) is 0. The van der Waals surface area contributed by atoms with Crippen LogP contribution in [-0.4, -0.2) is 19.2 Å². The summed E-state index contributed by atoms with van der Waals surface area (Å²) in [6.07, 6.45) is 2.25. The monoisotopic (exact) mass is 364 g/mol. The fraction of sp³-hybridized carbons (Fsp3) is 0.174. The predicted molar refractivity (Wildman–Crippen MR) is 113 cm³/mol. The SMILES string of the molecule is COC(=O)CCC[PH](c1ccccc1)(c1ccccc1)c1ccccc1. The molecule has 0 unspecified atom stereocenters. The molecule has 0 saturated heterocycles. The van der Waals surface area contributed by atoms with E-state index < -0.39 is 7.26 Å². The standard InChI is InChI=1S/C23H25O2P/c1-25-23(24)18-11-19-26(20-12-5-2-6-13-20,21-14-7-3-8-15-21)22-16-9-4-10-17-22/h2-10,12-17,26H,11,18-19H2,1H3. The molecule has 0 radical (unpaired) electrons. The van der Waals surface area contributed by atoms with E-state index in [1.54, 1.807) is 0 Å². The first kappa shape index (κ1) is 18.4. The van der Waals surface area contributed by atoms with Crippen LogP contribution < -0.4 is 15.9 Å². The summed E-state index contributed by atoms with van der Waals surface area (Å²) >= 11 is 0. The molecule has 2 nitrogen and oxygen atoms in total. The Morgan fingerprint density at radius 2 is 1.12 bits per heavy atom. The van der Waals surface area contributed by atoms with E-state index in [0.717, 1.165) is 12.6 Å². The van der Waals surface area contributed by atoms with Crippen molar-refractivity contribution in [3.63, 3.8) is 0 Å². The molecule has 0 aliphatic carbocycles. The van der Waals surface area contributed by atoms with Gasteiger partial charge in [-0.2, -0.15) is 0 Å². The Morgan fingerprint density at radius 1 is 0.731 bits per heavy atom. The van der Waals surface area contributed by atoms with Crippen molar-refractivity contribution >= 4 is 29.1 Å². The molecular formula is C23H25O2P. The summed E-state index contributed by atoms with van der Waals surface area (Å²) in [5.41, 5.74) is 0. The van der Waals surface area contributed by atoms with Gasteiger partial charge in [0.05, 0.1) is 0 Å². The average molecular weight is 364 g/mol. The molecule has 3 heteroatoms. The second-order valence-electron chi connectivity index (χ2n) is 6.43. The molecule has 3 aromatic rings. The second-order valence-corrected chi connectivity index (χ2v) is 10.5. The molecule has 0 fully saturated rings. The van der Waals surface area contributed by atoms with E-state index >= 15 is 0 Å². The van der Waals surface area contributed by atoms with Crippen LogP contribution in [0.5, 0.6) is 0 Å². The van der Waals surface area contributed by atoms with Crippen LogP contribution in [0.4, 0.5) is 0 Å². The van der Waals surface area contributed by atoms with Crippen LogP contribution in [0.25, 0.3) is 0 Å². The third kappa shape index (κ3) is 3.86. The van der Waals surface area contributed by atoms with Crippen LogP contribution in [-0.2, 0) is 9.53 Å². The minimum absolute atomic E-state index is 0.137. The molecule has 0 bridgehead atoms. The zero-order valence-corrected chi connectivity index (χ0v) is 16.1. The number of hydrogen-bond acceptors (Lipinski definition) is 2. The number of ether oxygens (including phenoxy) is 1. The van der Waals surface area contributed by atoms with Gasteiger partial charge < -0.3 is 0 Å². The van der Waals surface area contributed by atoms with E-state index in [-0.39, 0.29) is 5.97 Å². The molecule has 134 valence electrons. The van der Waals surface area contributed by atoms with Crippen LogP contribution >= 0.6 is 7.26 Å². The Hall–Kier alpha value is -2.44. The van der Waals surface area contributed by atoms with E-state index in [2.05, 4.69) is 91.0 Å². The normalized spacial score (nSPS) is 11.7. The molecular weight excluding hydrogens is 339 g/mol. The summed E-state index contributed by atoms with van der Waals surface area (Å²) in [7, 11) is -0.754. The Morgan fingerprint density at radius 3 is 1.46 bits per heavy atom. The van der Waals surface area contributed by atoms with E-state index in [1.165, 1.54) is 23.0 Å². The molecule has 0 atom stereocenters. The van der Waals surface area contributed by atoms with E-state index in [1.807, 2.05) is 0 Å². The predicted octanol–water partition coefficient (Wildman–Crippen LogP) is 3.67. The van der Waals surface area contributed by atoms with Gasteiger partial charge in [0.1, 0.15) is 0 Å². The van der Waals surface area contributed by atoms with Gasteiger partial charge in [-0.25, -0.2) is 0 Å². The molecule has 0 aliphatic heterocycles. The second kappa shape index (κ2) is 8.78. The van der Waals surface area contributed by atoms with Gasteiger partial charge in [-0.1, -0.05) is 0 Å². The molecule has 0 heterocycles. The van der Waals surface area contributed by atoms with Gasteiger partial charge in [-0.05, 0) is 0 Å². The van der Waals surface area contributed by atoms with Crippen molar-refractivity contribution in [2.45, 2.75) is 12.8 Å². The van der Waals surface area contributed by atoms with E-state index in [4.69, 9.17) is 4.74 Å². The van der Waals surface area contributed by atoms with Crippen LogP contribution in [0.3, 0.4) is 0 Å². The van der Waals surface area contributed by atoms with Crippen molar-refractivity contribution < 1.29 is 9.53 Å². The summed E-state index contributed by atoms with van der Waals surface area (Å²) in [5, 5.41) is 4.13. The maximum absolute atomic E-state index is 11.7. The van der Waals surface area contributed by atoms with Gasteiger partial charge in [-0.3, -0.25) is 0 Å². The quantitative estimate of drug-likeness (QED) is 0.472. The minimum atomic E-state index is -2.21. The Labute approximate surface area is 156 Å². The number of carbonyl (C=O) groups is 1. The fourth-order valence-corrected chi connectivity index (χ4v) is 8.56. The summed E-state index contributed by atoms with van der Waals surface area (Å²) in [5.74, 6) is -0.137. The van der Waals surface area contributed by atoms with Gasteiger partial charge in [0, 0.05) is 0 Å². The van der Waals surface area contributed by atoms with Gasteiger partial charge >= 0.3 is 156 Å². The molecule has 3 aromatic carbocycles. The van der Waals surface area contributed by atoms with Crippen LogP contribution in [0, 0.1) is 0 Å².